The van der Waals surface area contributed by atoms with Crippen LogP contribution in [0.2, 0.25) is 5.02 Å². The third kappa shape index (κ3) is 3.80. The van der Waals surface area contributed by atoms with Gasteiger partial charge in [-0.25, -0.2) is 0 Å². The summed E-state index contributed by atoms with van der Waals surface area (Å²) in [4.78, 5) is 14.4. The molecule has 28 heavy (non-hydrogen) atoms. The van der Waals surface area contributed by atoms with Crippen LogP contribution in [0.15, 0.2) is 28.7 Å². The van der Waals surface area contributed by atoms with E-state index in [4.69, 9.17) is 20.8 Å². The predicted molar refractivity (Wildman–Crippen MR) is 105 cm³/mol. The molecular weight excluding hydrogens is 378 g/mol. The van der Waals surface area contributed by atoms with Crippen LogP contribution in [0.4, 0.5) is 0 Å². The van der Waals surface area contributed by atoms with Crippen LogP contribution in [0.25, 0.3) is 0 Å². The Morgan fingerprint density at radius 3 is 2.46 bits per heavy atom. The van der Waals surface area contributed by atoms with Crippen LogP contribution >= 0.6 is 11.6 Å². The van der Waals surface area contributed by atoms with Gasteiger partial charge in [0.05, 0.1) is 17.6 Å². The van der Waals surface area contributed by atoms with Crippen LogP contribution in [-0.4, -0.2) is 46.3 Å². The van der Waals surface area contributed by atoms with Gasteiger partial charge in [0.25, 0.3) is 0 Å². The number of nitrogens with zero attached hydrogens (tertiary/aromatic N) is 3. The molecule has 2 aliphatic rings. The van der Waals surface area contributed by atoms with Crippen LogP contribution < -0.4 is 0 Å². The van der Waals surface area contributed by atoms with Gasteiger partial charge in [0.15, 0.2) is 0 Å². The first-order valence-corrected chi connectivity index (χ1v) is 10.4. The van der Waals surface area contributed by atoms with Crippen molar-refractivity contribution in [2.45, 2.75) is 63.6 Å². The van der Waals surface area contributed by atoms with E-state index in [1.54, 1.807) is 0 Å². The molecule has 2 atom stereocenters. The topological polar surface area (TPSA) is 68.5 Å². The van der Waals surface area contributed by atoms with Gasteiger partial charge in [0.1, 0.15) is 0 Å². The van der Waals surface area contributed by atoms with Crippen molar-refractivity contribution >= 4 is 17.5 Å². The SMILES string of the molecule is C[C@@H]1CN(C(=O)CCc2nnc(C3(c4ccc(Cl)cc4)CCC3)o2)C[C@H](C)O1. The molecule has 0 N–H and O–H groups in total. The van der Waals surface area contributed by atoms with E-state index in [0.29, 0.717) is 37.7 Å². The summed E-state index contributed by atoms with van der Waals surface area (Å²) in [6, 6.07) is 7.87. The maximum Gasteiger partial charge on any atom is 0.227 e. The summed E-state index contributed by atoms with van der Waals surface area (Å²) in [5.74, 6) is 1.29. The lowest BCUT2D eigenvalue weighted by atomic mass is 9.64. The standard InChI is InChI=1S/C21H26ClN3O3/c1-14-12-25(13-15(2)27-14)19(26)9-8-18-23-24-20(28-18)21(10-3-11-21)16-4-6-17(22)7-5-16/h4-7,14-15H,3,8-13H2,1-2H3/t14-,15+. The summed E-state index contributed by atoms with van der Waals surface area (Å²) < 4.78 is 11.7. The minimum Gasteiger partial charge on any atom is -0.424 e. The Hall–Kier alpha value is -1.92. The first-order valence-electron chi connectivity index (χ1n) is 9.98. The number of ether oxygens (including phenoxy) is 1. The second kappa shape index (κ2) is 7.84. The lowest BCUT2D eigenvalue weighted by molar-refractivity contribution is -0.143. The van der Waals surface area contributed by atoms with E-state index in [2.05, 4.69) is 10.2 Å². The third-order valence-corrected chi connectivity index (χ3v) is 6.06. The number of hydrogen-bond acceptors (Lipinski definition) is 5. The highest BCUT2D eigenvalue weighted by molar-refractivity contribution is 6.30. The van der Waals surface area contributed by atoms with Gasteiger partial charge >= 0.3 is 0 Å². The summed E-state index contributed by atoms with van der Waals surface area (Å²) in [5, 5.41) is 9.26. The number of hydrogen-bond donors (Lipinski definition) is 0. The molecule has 2 aromatic rings. The highest BCUT2D eigenvalue weighted by atomic mass is 35.5. The zero-order valence-corrected chi connectivity index (χ0v) is 17.1. The van der Waals surface area contributed by atoms with E-state index in [1.165, 1.54) is 0 Å². The molecule has 0 bridgehead atoms. The van der Waals surface area contributed by atoms with E-state index < -0.39 is 0 Å². The van der Waals surface area contributed by atoms with Gasteiger partial charge < -0.3 is 14.1 Å². The fraction of sp³-hybridized carbons (Fsp3) is 0.571. The highest BCUT2D eigenvalue weighted by Crippen LogP contribution is 2.48. The summed E-state index contributed by atoms with van der Waals surface area (Å²) >= 11 is 6.03. The first kappa shape index (κ1) is 19.4. The molecule has 2 fully saturated rings. The Bertz CT molecular complexity index is 822. The smallest absolute Gasteiger partial charge is 0.227 e. The number of halogens is 1. The molecule has 0 radical (unpaired) electrons. The van der Waals surface area contributed by atoms with Gasteiger partial charge in [-0.3, -0.25) is 4.79 Å². The van der Waals surface area contributed by atoms with Crippen LogP contribution in [0.1, 0.15) is 56.9 Å². The van der Waals surface area contributed by atoms with Crippen LogP contribution in [0, 0.1) is 0 Å². The molecule has 1 amide bonds. The molecular formula is C21H26ClN3O3. The second-order valence-electron chi connectivity index (χ2n) is 8.00. The van der Waals surface area contributed by atoms with E-state index in [0.717, 1.165) is 29.8 Å². The fourth-order valence-electron chi connectivity index (χ4n) is 4.23. The van der Waals surface area contributed by atoms with Gasteiger partial charge in [0.2, 0.25) is 17.7 Å². The second-order valence-corrected chi connectivity index (χ2v) is 8.44. The summed E-state index contributed by atoms with van der Waals surface area (Å²) in [5.41, 5.74) is 0.945. The Morgan fingerprint density at radius 1 is 1.18 bits per heavy atom. The predicted octanol–water partition coefficient (Wildman–Crippen LogP) is 3.76. The van der Waals surface area contributed by atoms with Crippen molar-refractivity contribution in [1.29, 1.82) is 0 Å². The number of benzene rings is 1. The first-order chi connectivity index (χ1) is 13.5. The molecule has 1 saturated heterocycles. The largest absolute Gasteiger partial charge is 0.424 e. The molecule has 1 saturated carbocycles. The average Bonchev–Trinajstić information content (AvgIpc) is 3.08. The average molecular weight is 404 g/mol. The monoisotopic (exact) mass is 403 g/mol. The Labute approximate surface area is 170 Å². The number of rotatable bonds is 5. The molecule has 4 rings (SSSR count). The molecule has 1 aromatic heterocycles. The van der Waals surface area contributed by atoms with Gasteiger partial charge in [-0.15, -0.1) is 10.2 Å². The number of morpholine rings is 1. The Morgan fingerprint density at radius 2 is 1.86 bits per heavy atom. The van der Waals surface area contributed by atoms with Gasteiger partial charge in [-0.1, -0.05) is 30.2 Å². The Balaban J connectivity index is 1.41. The molecule has 1 aliphatic heterocycles. The normalized spacial score (nSPS) is 24.0. The molecule has 2 heterocycles. The highest BCUT2D eigenvalue weighted by Gasteiger charge is 2.45. The molecule has 150 valence electrons. The van der Waals surface area contributed by atoms with Gasteiger partial charge in [-0.2, -0.15) is 0 Å². The number of carbonyl (C=O) groups is 1. The van der Waals surface area contributed by atoms with E-state index in [9.17, 15) is 4.79 Å². The van der Waals surface area contributed by atoms with Crippen molar-refractivity contribution in [1.82, 2.24) is 15.1 Å². The summed E-state index contributed by atoms with van der Waals surface area (Å²) in [6.45, 7) is 5.26. The number of amides is 1. The van der Waals surface area contributed by atoms with Crippen molar-refractivity contribution in [3.05, 3.63) is 46.6 Å². The zero-order valence-electron chi connectivity index (χ0n) is 16.4. The van der Waals surface area contributed by atoms with Crippen LogP contribution in [0.5, 0.6) is 0 Å². The zero-order chi connectivity index (χ0) is 19.7. The minimum atomic E-state index is -0.213. The van der Waals surface area contributed by atoms with Gasteiger partial charge in [0, 0.05) is 31.0 Å². The fourth-order valence-corrected chi connectivity index (χ4v) is 4.35. The lowest BCUT2D eigenvalue weighted by Gasteiger charge is -2.39. The maximum atomic E-state index is 12.6. The minimum absolute atomic E-state index is 0.0700. The molecule has 0 unspecified atom stereocenters. The number of aromatic nitrogens is 2. The summed E-state index contributed by atoms with van der Waals surface area (Å²) in [6.07, 6.45) is 4.07. The van der Waals surface area contributed by atoms with Crippen molar-refractivity contribution in [3.8, 4) is 0 Å². The van der Waals surface area contributed by atoms with Crippen molar-refractivity contribution in [3.63, 3.8) is 0 Å². The van der Waals surface area contributed by atoms with E-state index in [1.807, 2.05) is 43.0 Å². The summed E-state index contributed by atoms with van der Waals surface area (Å²) in [7, 11) is 0. The molecule has 0 spiro atoms. The quantitative estimate of drug-likeness (QED) is 0.760. The van der Waals surface area contributed by atoms with Crippen LogP contribution in [-0.2, 0) is 21.4 Å². The van der Waals surface area contributed by atoms with Gasteiger partial charge in [-0.05, 0) is 44.4 Å². The number of carbonyl (C=O) groups excluding carboxylic acids is 1. The molecule has 7 heteroatoms. The number of aryl methyl sites for hydroxylation is 1. The Kier molecular flexibility index (Phi) is 5.43. The molecule has 1 aromatic carbocycles. The molecule has 1 aliphatic carbocycles. The maximum absolute atomic E-state index is 12.6. The lowest BCUT2D eigenvalue weighted by Crippen LogP contribution is -2.48. The molecule has 6 nitrogen and oxygen atoms in total. The van der Waals surface area contributed by atoms with Crippen molar-refractivity contribution in [2.75, 3.05) is 13.1 Å². The van der Waals surface area contributed by atoms with E-state index >= 15 is 0 Å². The van der Waals surface area contributed by atoms with E-state index in [-0.39, 0.29) is 23.5 Å². The third-order valence-electron chi connectivity index (χ3n) is 5.81. The van der Waals surface area contributed by atoms with Crippen molar-refractivity contribution < 1.29 is 13.9 Å². The van der Waals surface area contributed by atoms with Crippen molar-refractivity contribution in [2.24, 2.45) is 0 Å². The van der Waals surface area contributed by atoms with Crippen LogP contribution in [0.3, 0.4) is 0 Å².